The van der Waals surface area contributed by atoms with E-state index < -0.39 is 0 Å². The monoisotopic (exact) mass is 322 g/mol. The highest BCUT2D eigenvalue weighted by Gasteiger charge is 2.11. The highest BCUT2D eigenvalue weighted by atomic mass is 32.1. The van der Waals surface area contributed by atoms with Gasteiger partial charge in [0.25, 0.3) is 5.56 Å². The molecule has 1 N–H and O–H groups in total. The van der Waals surface area contributed by atoms with Crippen molar-refractivity contribution in [2.45, 2.75) is 13.8 Å². The normalized spacial score (nSPS) is 11.2. The van der Waals surface area contributed by atoms with Crippen LogP contribution < -0.4 is 10.9 Å². The number of hydrogen-bond acceptors (Lipinski definition) is 5. The molecule has 4 aromatic rings. The Morgan fingerprint density at radius 1 is 1.04 bits per heavy atom. The maximum Gasteiger partial charge on any atom is 0.283 e. The SMILES string of the molecule is Cc1ccc(Nc2nn3c(=O)c4cc(C)ccc4nc3s2)cc1. The van der Waals surface area contributed by atoms with Crippen LogP contribution in [-0.2, 0) is 0 Å². The number of nitrogens with zero attached hydrogens (tertiary/aromatic N) is 3. The zero-order chi connectivity index (χ0) is 16.0. The van der Waals surface area contributed by atoms with E-state index in [4.69, 9.17) is 0 Å². The minimum atomic E-state index is -0.137. The summed E-state index contributed by atoms with van der Waals surface area (Å²) in [6.45, 7) is 4.00. The summed E-state index contributed by atoms with van der Waals surface area (Å²) in [6, 6.07) is 13.7. The molecule has 0 saturated carbocycles. The van der Waals surface area contributed by atoms with E-state index in [-0.39, 0.29) is 5.56 Å². The zero-order valence-electron chi connectivity index (χ0n) is 12.7. The first-order valence-corrected chi connectivity index (χ1v) is 8.06. The lowest BCUT2D eigenvalue weighted by atomic mass is 10.2. The minimum Gasteiger partial charge on any atom is -0.330 e. The van der Waals surface area contributed by atoms with Crippen molar-refractivity contribution in [3.05, 3.63) is 63.9 Å². The molecule has 0 aliphatic carbocycles. The Morgan fingerprint density at radius 3 is 2.57 bits per heavy atom. The molecule has 0 unspecified atom stereocenters. The van der Waals surface area contributed by atoms with Crippen LogP contribution in [0.2, 0.25) is 0 Å². The molecule has 0 aliphatic rings. The lowest BCUT2D eigenvalue weighted by molar-refractivity contribution is 0.919. The van der Waals surface area contributed by atoms with Gasteiger partial charge in [-0.1, -0.05) is 40.7 Å². The summed E-state index contributed by atoms with van der Waals surface area (Å²) in [5.41, 5.74) is 3.72. The molecule has 4 rings (SSSR count). The smallest absolute Gasteiger partial charge is 0.283 e. The molecule has 2 aromatic carbocycles. The van der Waals surface area contributed by atoms with Gasteiger partial charge in [0.05, 0.1) is 10.9 Å². The van der Waals surface area contributed by atoms with Crippen molar-refractivity contribution in [2.75, 3.05) is 5.32 Å². The fraction of sp³-hybridized carbons (Fsp3) is 0.118. The molecule has 0 bridgehead atoms. The van der Waals surface area contributed by atoms with Crippen LogP contribution in [0.4, 0.5) is 10.8 Å². The van der Waals surface area contributed by atoms with Crippen molar-refractivity contribution in [1.29, 1.82) is 0 Å². The molecule has 0 spiro atoms. The second-order valence-electron chi connectivity index (χ2n) is 5.53. The van der Waals surface area contributed by atoms with Crippen LogP contribution in [0, 0.1) is 13.8 Å². The van der Waals surface area contributed by atoms with Gasteiger partial charge in [0, 0.05) is 5.69 Å². The number of aromatic nitrogens is 3. The molecule has 0 radical (unpaired) electrons. The van der Waals surface area contributed by atoms with Crippen molar-refractivity contribution >= 4 is 38.0 Å². The molecule has 0 saturated heterocycles. The first-order chi connectivity index (χ1) is 11.1. The Balaban J connectivity index is 1.84. The van der Waals surface area contributed by atoms with Gasteiger partial charge in [-0.25, -0.2) is 4.98 Å². The third-order valence-electron chi connectivity index (χ3n) is 3.65. The molecular weight excluding hydrogens is 308 g/mol. The second-order valence-corrected chi connectivity index (χ2v) is 6.49. The van der Waals surface area contributed by atoms with Gasteiger partial charge in [-0.05, 0) is 38.1 Å². The molecule has 114 valence electrons. The average Bonchev–Trinajstić information content (AvgIpc) is 2.93. The number of aryl methyl sites for hydroxylation is 2. The van der Waals surface area contributed by atoms with E-state index in [1.165, 1.54) is 21.4 Å². The lowest BCUT2D eigenvalue weighted by Crippen LogP contribution is -2.15. The van der Waals surface area contributed by atoms with Gasteiger partial charge in [0.2, 0.25) is 10.1 Å². The van der Waals surface area contributed by atoms with Crippen molar-refractivity contribution in [2.24, 2.45) is 0 Å². The summed E-state index contributed by atoms with van der Waals surface area (Å²) in [5, 5.41) is 8.82. The molecule has 5 nitrogen and oxygen atoms in total. The van der Waals surface area contributed by atoms with Gasteiger partial charge in [-0.2, -0.15) is 4.52 Å². The fourth-order valence-electron chi connectivity index (χ4n) is 2.43. The Hall–Kier alpha value is -2.73. The fourth-order valence-corrected chi connectivity index (χ4v) is 3.25. The van der Waals surface area contributed by atoms with E-state index in [0.29, 0.717) is 21.0 Å². The van der Waals surface area contributed by atoms with Crippen molar-refractivity contribution in [1.82, 2.24) is 14.6 Å². The van der Waals surface area contributed by atoms with Crippen molar-refractivity contribution in [3.8, 4) is 0 Å². The molecule has 0 aliphatic heterocycles. The van der Waals surface area contributed by atoms with Gasteiger partial charge < -0.3 is 5.32 Å². The molecule has 6 heteroatoms. The van der Waals surface area contributed by atoms with Crippen LogP contribution in [0.25, 0.3) is 15.9 Å². The van der Waals surface area contributed by atoms with Gasteiger partial charge >= 0.3 is 0 Å². The van der Waals surface area contributed by atoms with Crippen LogP contribution in [0.15, 0.2) is 47.3 Å². The highest BCUT2D eigenvalue weighted by Crippen LogP contribution is 2.23. The number of hydrogen-bond donors (Lipinski definition) is 1. The molecule has 2 heterocycles. The Kier molecular flexibility index (Phi) is 3.12. The predicted molar refractivity (Wildman–Crippen MR) is 93.8 cm³/mol. The van der Waals surface area contributed by atoms with E-state index in [9.17, 15) is 4.79 Å². The van der Waals surface area contributed by atoms with Gasteiger partial charge in [0.1, 0.15) is 0 Å². The van der Waals surface area contributed by atoms with Crippen LogP contribution in [0.1, 0.15) is 11.1 Å². The van der Waals surface area contributed by atoms with Crippen LogP contribution in [0.5, 0.6) is 0 Å². The molecule has 23 heavy (non-hydrogen) atoms. The maximum absolute atomic E-state index is 12.6. The highest BCUT2D eigenvalue weighted by molar-refractivity contribution is 7.20. The number of benzene rings is 2. The molecule has 0 atom stereocenters. The van der Waals surface area contributed by atoms with Gasteiger partial charge in [-0.15, -0.1) is 5.10 Å². The zero-order valence-corrected chi connectivity index (χ0v) is 13.5. The average molecular weight is 322 g/mol. The molecule has 0 fully saturated rings. The van der Waals surface area contributed by atoms with Gasteiger partial charge in [0.15, 0.2) is 0 Å². The van der Waals surface area contributed by atoms with Crippen molar-refractivity contribution < 1.29 is 0 Å². The third kappa shape index (κ3) is 2.47. The summed E-state index contributed by atoms with van der Waals surface area (Å²) in [5.74, 6) is 0. The standard InChI is InChI=1S/C17H14N4OS/c1-10-3-6-12(7-4-10)18-16-20-21-15(22)13-9-11(2)5-8-14(13)19-17(21)23-16/h3-9H,1-2H3,(H,18,20). The summed E-state index contributed by atoms with van der Waals surface area (Å²) >= 11 is 1.36. The van der Waals surface area contributed by atoms with Crippen molar-refractivity contribution in [3.63, 3.8) is 0 Å². The summed E-state index contributed by atoms with van der Waals surface area (Å²) in [4.78, 5) is 17.7. The number of fused-ring (bicyclic) bond motifs is 2. The van der Waals surface area contributed by atoms with E-state index in [2.05, 4.69) is 15.4 Å². The molecular formula is C17H14N4OS. The lowest BCUT2D eigenvalue weighted by Gasteiger charge is -2.01. The number of rotatable bonds is 2. The first kappa shape index (κ1) is 13.9. The maximum atomic E-state index is 12.6. The minimum absolute atomic E-state index is 0.137. The van der Waals surface area contributed by atoms with E-state index in [1.807, 2.05) is 56.3 Å². The van der Waals surface area contributed by atoms with Crippen LogP contribution in [-0.4, -0.2) is 14.6 Å². The topological polar surface area (TPSA) is 59.3 Å². The Morgan fingerprint density at radius 2 is 1.78 bits per heavy atom. The first-order valence-electron chi connectivity index (χ1n) is 7.24. The summed E-state index contributed by atoms with van der Waals surface area (Å²) in [6.07, 6.45) is 0. The van der Waals surface area contributed by atoms with Gasteiger partial charge in [-0.3, -0.25) is 4.79 Å². The van der Waals surface area contributed by atoms with E-state index in [1.54, 1.807) is 0 Å². The van der Waals surface area contributed by atoms with Crippen LogP contribution in [0.3, 0.4) is 0 Å². The van der Waals surface area contributed by atoms with E-state index >= 15 is 0 Å². The van der Waals surface area contributed by atoms with E-state index in [0.717, 1.165) is 11.3 Å². The quantitative estimate of drug-likeness (QED) is 0.612. The molecule has 2 aromatic heterocycles. The second kappa shape index (κ2) is 5.17. The number of anilines is 2. The molecule has 0 amide bonds. The summed E-state index contributed by atoms with van der Waals surface area (Å²) < 4.78 is 1.36. The largest absolute Gasteiger partial charge is 0.330 e. The number of nitrogens with one attached hydrogen (secondary N) is 1. The predicted octanol–water partition coefficient (Wildman–Crippen LogP) is 3.66. The van der Waals surface area contributed by atoms with Crippen LogP contribution >= 0.6 is 11.3 Å². The third-order valence-corrected chi connectivity index (χ3v) is 4.48. The Labute approximate surface area is 136 Å². The Bertz CT molecular complexity index is 1080. The summed E-state index contributed by atoms with van der Waals surface area (Å²) in [7, 11) is 0.